The molecule has 0 radical (unpaired) electrons. The molecule has 0 aliphatic carbocycles. The van der Waals surface area contributed by atoms with Crippen LogP contribution in [0.5, 0.6) is 0 Å². The van der Waals surface area contributed by atoms with E-state index in [9.17, 15) is 14.9 Å². The number of hydrogen-bond donors (Lipinski definition) is 2. The maximum absolute atomic E-state index is 10.8. The Morgan fingerprint density at radius 2 is 2.00 bits per heavy atom. The van der Waals surface area contributed by atoms with Crippen LogP contribution in [0.4, 0.5) is 5.69 Å². The lowest BCUT2D eigenvalue weighted by molar-refractivity contribution is -0.384. The molecule has 0 bridgehead atoms. The zero-order chi connectivity index (χ0) is 12.3. The smallest absolute Gasteiger partial charge is 0.323 e. The number of carboxylic acid groups (broad SMARTS) is 1. The van der Waals surface area contributed by atoms with E-state index >= 15 is 0 Å². The van der Waals surface area contributed by atoms with Gasteiger partial charge in [-0.2, -0.15) is 0 Å². The van der Waals surface area contributed by atoms with Crippen LogP contribution in [0.15, 0.2) is 24.3 Å². The monoisotopic (exact) mass is 224 g/mol. The van der Waals surface area contributed by atoms with Crippen molar-refractivity contribution < 1.29 is 14.8 Å². The summed E-state index contributed by atoms with van der Waals surface area (Å²) in [4.78, 5) is 20.6. The molecule has 1 aromatic carbocycles. The number of benzene rings is 1. The lowest BCUT2D eigenvalue weighted by Crippen LogP contribution is -2.46. The summed E-state index contributed by atoms with van der Waals surface area (Å²) >= 11 is 0. The molecule has 1 rings (SSSR count). The van der Waals surface area contributed by atoms with Crippen molar-refractivity contribution in [1.82, 2.24) is 0 Å². The van der Waals surface area contributed by atoms with Crippen LogP contribution < -0.4 is 5.73 Å². The van der Waals surface area contributed by atoms with Crippen molar-refractivity contribution in [2.24, 2.45) is 5.73 Å². The molecular weight excluding hydrogens is 212 g/mol. The third kappa shape index (κ3) is 2.77. The average molecular weight is 224 g/mol. The van der Waals surface area contributed by atoms with Crippen molar-refractivity contribution in [1.29, 1.82) is 0 Å². The van der Waals surface area contributed by atoms with E-state index in [-0.39, 0.29) is 12.1 Å². The molecule has 0 unspecified atom stereocenters. The van der Waals surface area contributed by atoms with Gasteiger partial charge in [0.1, 0.15) is 5.54 Å². The minimum absolute atomic E-state index is 0.0298. The van der Waals surface area contributed by atoms with Gasteiger partial charge in [0.05, 0.1) is 4.92 Å². The van der Waals surface area contributed by atoms with E-state index in [1.54, 1.807) is 0 Å². The van der Waals surface area contributed by atoms with E-state index in [0.29, 0.717) is 5.56 Å². The molecule has 86 valence electrons. The second kappa shape index (κ2) is 4.28. The van der Waals surface area contributed by atoms with Gasteiger partial charge in [-0.15, -0.1) is 0 Å². The number of aliphatic carboxylic acids is 1. The molecule has 0 saturated heterocycles. The maximum Gasteiger partial charge on any atom is 0.323 e. The fraction of sp³-hybridized carbons (Fsp3) is 0.300. The Labute approximate surface area is 91.8 Å². The molecule has 6 nitrogen and oxygen atoms in total. The molecule has 0 aliphatic heterocycles. The van der Waals surface area contributed by atoms with E-state index in [2.05, 4.69) is 0 Å². The molecule has 0 heterocycles. The highest BCUT2D eigenvalue weighted by atomic mass is 16.6. The third-order valence-corrected chi connectivity index (χ3v) is 2.21. The van der Waals surface area contributed by atoms with Crippen LogP contribution in [0.2, 0.25) is 0 Å². The summed E-state index contributed by atoms with van der Waals surface area (Å²) in [5, 5.41) is 19.2. The predicted octanol–water partition coefficient (Wildman–Crippen LogP) is 0.939. The van der Waals surface area contributed by atoms with Crippen LogP contribution >= 0.6 is 0 Å². The van der Waals surface area contributed by atoms with Gasteiger partial charge >= 0.3 is 5.97 Å². The van der Waals surface area contributed by atoms with E-state index in [4.69, 9.17) is 10.8 Å². The maximum atomic E-state index is 10.8. The van der Waals surface area contributed by atoms with Crippen LogP contribution in [-0.4, -0.2) is 21.5 Å². The molecule has 3 N–H and O–H groups in total. The second-order valence-electron chi connectivity index (χ2n) is 3.82. The Balaban J connectivity index is 2.84. The van der Waals surface area contributed by atoms with E-state index in [0.717, 1.165) is 0 Å². The highest BCUT2D eigenvalue weighted by Crippen LogP contribution is 2.16. The number of carbonyl (C=O) groups is 1. The van der Waals surface area contributed by atoms with E-state index in [1.165, 1.54) is 31.2 Å². The van der Waals surface area contributed by atoms with Gasteiger partial charge in [-0.05, 0) is 12.5 Å². The quantitative estimate of drug-likeness (QED) is 0.584. The van der Waals surface area contributed by atoms with Gasteiger partial charge in [0.25, 0.3) is 5.69 Å². The number of carboxylic acids is 1. The first kappa shape index (κ1) is 12.1. The summed E-state index contributed by atoms with van der Waals surface area (Å²) in [5.41, 5.74) is 4.81. The van der Waals surface area contributed by atoms with Gasteiger partial charge in [0.2, 0.25) is 0 Å². The Kier molecular flexibility index (Phi) is 3.24. The van der Waals surface area contributed by atoms with Gasteiger partial charge in [-0.3, -0.25) is 14.9 Å². The lowest BCUT2D eigenvalue weighted by Gasteiger charge is -2.18. The summed E-state index contributed by atoms with van der Waals surface area (Å²) in [5.74, 6) is -1.11. The SMILES string of the molecule is C[C@](N)(Cc1ccc([N+](=O)[O-])cc1)C(=O)O. The molecule has 0 aliphatic rings. The van der Waals surface area contributed by atoms with Crippen molar-refractivity contribution in [3.63, 3.8) is 0 Å². The highest BCUT2D eigenvalue weighted by Gasteiger charge is 2.28. The number of nitro groups is 1. The van der Waals surface area contributed by atoms with Gasteiger partial charge in [-0.25, -0.2) is 0 Å². The Hall–Kier alpha value is -1.95. The Bertz CT molecular complexity index is 411. The largest absolute Gasteiger partial charge is 0.480 e. The second-order valence-corrected chi connectivity index (χ2v) is 3.82. The molecule has 16 heavy (non-hydrogen) atoms. The molecule has 0 fully saturated rings. The number of nitrogens with two attached hydrogens (primary N) is 1. The molecule has 6 heteroatoms. The normalized spacial score (nSPS) is 14.1. The molecule has 0 amide bonds. The van der Waals surface area contributed by atoms with Gasteiger partial charge in [0.15, 0.2) is 0 Å². The van der Waals surface area contributed by atoms with Crippen molar-refractivity contribution in [3.05, 3.63) is 39.9 Å². The number of rotatable bonds is 4. The lowest BCUT2D eigenvalue weighted by atomic mass is 9.94. The fourth-order valence-corrected chi connectivity index (χ4v) is 1.24. The predicted molar refractivity (Wildman–Crippen MR) is 57.0 cm³/mol. The summed E-state index contributed by atoms with van der Waals surface area (Å²) in [6, 6.07) is 5.67. The molecule has 0 saturated carbocycles. The summed E-state index contributed by atoms with van der Waals surface area (Å²) in [6.45, 7) is 1.40. The Morgan fingerprint density at radius 3 is 2.38 bits per heavy atom. The first-order valence-electron chi connectivity index (χ1n) is 4.58. The van der Waals surface area contributed by atoms with Crippen LogP contribution in [-0.2, 0) is 11.2 Å². The zero-order valence-corrected chi connectivity index (χ0v) is 8.71. The zero-order valence-electron chi connectivity index (χ0n) is 8.71. The number of non-ortho nitro benzene ring substituents is 1. The fourth-order valence-electron chi connectivity index (χ4n) is 1.24. The van der Waals surface area contributed by atoms with E-state index in [1.807, 2.05) is 0 Å². The molecule has 1 atom stereocenters. The number of nitro benzene ring substituents is 1. The van der Waals surface area contributed by atoms with Gasteiger partial charge in [-0.1, -0.05) is 12.1 Å². The van der Waals surface area contributed by atoms with Crippen molar-refractivity contribution in [3.8, 4) is 0 Å². The van der Waals surface area contributed by atoms with Crippen LogP contribution in [0.3, 0.4) is 0 Å². The number of nitrogens with zero attached hydrogens (tertiary/aromatic N) is 1. The summed E-state index contributed by atoms with van der Waals surface area (Å²) < 4.78 is 0. The van der Waals surface area contributed by atoms with E-state index < -0.39 is 16.4 Å². The van der Waals surface area contributed by atoms with Crippen LogP contribution in [0.1, 0.15) is 12.5 Å². The standard InChI is InChI=1S/C10H12N2O4/c1-10(11,9(13)14)6-7-2-4-8(5-3-7)12(15)16/h2-5H,6,11H2,1H3,(H,13,14)/t10-/m0/s1. The topological polar surface area (TPSA) is 106 Å². The summed E-state index contributed by atoms with van der Waals surface area (Å²) in [6.07, 6.45) is 0.125. The molecule has 0 aromatic heterocycles. The minimum Gasteiger partial charge on any atom is -0.480 e. The summed E-state index contributed by atoms with van der Waals surface area (Å²) in [7, 11) is 0. The van der Waals surface area contributed by atoms with Crippen molar-refractivity contribution >= 4 is 11.7 Å². The molecule has 1 aromatic rings. The molecule has 0 spiro atoms. The van der Waals surface area contributed by atoms with Crippen molar-refractivity contribution in [2.75, 3.05) is 0 Å². The average Bonchev–Trinajstić information content (AvgIpc) is 2.17. The van der Waals surface area contributed by atoms with Crippen LogP contribution in [0.25, 0.3) is 0 Å². The Morgan fingerprint density at radius 1 is 1.50 bits per heavy atom. The molecular formula is C10H12N2O4. The van der Waals surface area contributed by atoms with Gasteiger partial charge in [0, 0.05) is 18.6 Å². The van der Waals surface area contributed by atoms with Crippen LogP contribution in [0, 0.1) is 10.1 Å². The third-order valence-electron chi connectivity index (χ3n) is 2.21. The first-order valence-corrected chi connectivity index (χ1v) is 4.58. The van der Waals surface area contributed by atoms with Gasteiger partial charge < -0.3 is 10.8 Å². The first-order chi connectivity index (χ1) is 7.33. The minimum atomic E-state index is -1.36. The number of hydrogen-bond acceptors (Lipinski definition) is 4. The highest BCUT2D eigenvalue weighted by molar-refractivity contribution is 5.78. The van der Waals surface area contributed by atoms with Crippen molar-refractivity contribution in [2.45, 2.75) is 18.9 Å².